The van der Waals surface area contributed by atoms with Gasteiger partial charge in [-0.3, -0.25) is 0 Å². The van der Waals surface area contributed by atoms with E-state index in [0.29, 0.717) is 0 Å². The number of nitrogens with zero attached hydrogens (tertiary/aromatic N) is 4. The Balaban J connectivity index is 2.30. The van der Waals surface area contributed by atoms with Crippen molar-refractivity contribution in [3.63, 3.8) is 0 Å². The number of rotatable bonds is 2. The molecule has 0 aromatic carbocycles. The van der Waals surface area contributed by atoms with E-state index in [1.54, 1.807) is 23.1 Å². The number of thiazole rings is 1. The first-order valence-electron chi connectivity index (χ1n) is 6.74. The molecule has 0 unspecified atom stereocenters. The van der Waals surface area contributed by atoms with Gasteiger partial charge in [-0.25, -0.2) is 4.98 Å². The number of halogens is 1. The molecular formula is C14H21BrN4S2. The molecule has 0 aliphatic rings. The average Bonchev–Trinajstić information content (AvgIpc) is 2.82. The largest absolute Gasteiger partial charge is 0.308 e. The molecule has 2 rings (SSSR count). The molecule has 116 valence electrons. The molecule has 0 aliphatic heterocycles. The van der Waals surface area contributed by atoms with Gasteiger partial charge in [0.25, 0.3) is 0 Å². The fourth-order valence-corrected chi connectivity index (χ4v) is 5.37. The second kappa shape index (κ2) is 5.66. The fourth-order valence-electron chi connectivity index (χ4n) is 1.92. The highest BCUT2D eigenvalue weighted by Crippen LogP contribution is 2.39. The van der Waals surface area contributed by atoms with Crippen molar-refractivity contribution in [2.45, 2.75) is 61.9 Å². The minimum absolute atomic E-state index is 0.0133. The SMILES string of the molecule is Cn1c(Sc2nc(C(C)(C)C)c(Br)s2)nnc1C(C)(C)C. The quantitative estimate of drug-likeness (QED) is 0.742. The lowest BCUT2D eigenvalue weighted by Crippen LogP contribution is -2.17. The molecule has 0 bridgehead atoms. The van der Waals surface area contributed by atoms with Crippen molar-refractivity contribution >= 4 is 39.0 Å². The van der Waals surface area contributed by atoms with Crippen LogP contribution in [0.1, 0.15) is 53.1 Å². The maximum absolute atomic E-state index is 4.74. The normalized spacial score (nSPS) is 13.0. The Hall–Kier alpha value is -0.400. The lowest BCUT2D eigenvalue weighted by atomic mass is 9.93. The first-order valence-corrected chi connectivity index (χ1v) is 9.17. The summed E-state index contributed by atoms with van der Waals surface area (Å²) in [7, 11) is 2.01. The zero-order valence-corrected chi connectivity index (χ0v) is 16.7. The van der Waals surface area contributed by atoms with Gasteiger partial charge in [-0.1, -0.05) is 52.9 Å². The van der Waals surface area contributed by atoms with Crippen LogP contribution in [0.5, 0.6) is 0 Å². The van der Waals surface area contributed by atoms with Crippen molar-refractivity contribution < 1.29 is 0 Å². The Kier molecular flexibility index (Phi) is 4.57. The van der Waals surface area contributed by atoms with Crippen molar-refractivity contribution in [1.29, 1.82) is 0 Å². The molecule has 0 N–H and O–H groups in total. The summed E-state index contributed by atoms with van der Waals surface area (Å²) in [5.74, 6) is 0.983. The molecule has 0 spiro atoms. The molecule has 0 saturated carbocycles. The molecule has 0 radical (unpaired) electrons. The highest BCUT2D eigenvalue weighted by atomic mass is 79.9. The van der Waals surface area contributed by atoms with Crippen LogP contribution in [0, 0.1) is 0 Å². The molecule has 2 aromatic heterocycles. The van der Waals surface area contributed by atoms with E-state index in [2.05, 4.69) is 72.2 Å². The summed E-state index contributed by atoms with van der Waals surface area (Å²) in [4.78, 5) is 4.74. The van der Waals surface area contributed by atoms with Crippen LogP contribution in [-0.4, -0.2) is 19.7 Å². The van der Waals surface area contributed by atoms with Gasteiger partial charge in [0.15, 0.2) is 9.50 Å². The molecule has 0 amide bonds. The van der Waals surface area contributed by atoms with E-state index in [-0.39, 0.29) is 10.8 Å². The van der Waals surface area contributed by atoms with Crippen LogP contribution in [0.4, 0.5) is 0 Å². The summed E-state index contributed by atoms with van der Waals surface area (Å²) in [5.41, 5.74) is 1.11. The van der Waals surface area contributed by atoms with Crippen LogP contribution < -0.4 is 0 Å². The zero-order chi connectivity index (χ0) is 16.0. The van der Waals surface area contributed by atoms with Crippen molar-refractivity contribution in [1.82, 2.24) is 19.7 Å². The molecule has 0 saturated heterocycles. The van der Waals surface area contributed by atoms with Gasteiger partial charge in [0.1, 0.15) is 5.82 Å². The van der Waals surface area contributed by atoms with Gasteiger partial charge in [0.05, 0.1) is 9.48 Å². The van der Waals surface area contributed by atoms with E-state index >= 15 is 0 Å². The molecule has 0 fully saturated rings. The topological polar surface area (TPSA) is 43.6 Å². The van der Waals surface area contributed by atoms with E-state index in [9.17, 15) is 0 Å². The van der Waals surface area contributed by atoms with Gasteiger partial charge < -0.3 is 4.57 Å². The summed E-state index contributed by atoms with van der Waals surface area (Å²) < 4.78 is 4.13. The van der Waals surface area contributed by atoms with Gasteiger partial charge in [-0.2, -0.15) is 0 Å². The van der Waals surface area contributed by atoms with Gasteiger partial charge in [0.2, 0.25) is 0 Å². The molecule has 0 atom stereocenters. The van der Waals surface area contributed by atoms with Crippen LogP contribution in [0.25, 0.3) is 0 Å². The summed E-state index contributed by atoms with van der Waals surface area (Å²) in [6.45, 7) is 12.9. The molecule has 21 heavy (non-hydrogen) atoms. The van der Waals surface area contributed by atoms with Crippen molar-refractivity contribution in [3.05, 3.63) is 15.3 Å². The smallest absolute Gasteiger partial charge is 0.198 e. The van der Waals surface area contributed by atoms with Crippen LogP contribution in [0.2, 0.25) is 0 Å². The second-order valence-corrected chi connectivity index (χ2v) is 10.6. The standard InChI is InChI=1S/C14H21BrN4S2/c1-13(2,3)8-9(15)20-12(16-8)21-11-18-17-10(19(11)7)14(4,5)6/h1-7H3. The van der Waals surface area contributed by atoms with Crippen LogP contribution in [0.15, 0.2) is 13.3 Å². The Morgan fingerprint density at radius 1 is 1.05 bits per heavy atom. The van der Waals surface area contributed by atoms with E-state index in [1.807, 2.05) is 7.05 Å². The van der Waals surface area contributed by atoms with Crippen molar-refractivity contribution in [2.24, 2.45) is 7.05 Å². The zero-order valence-electron chi connectivity index (χ0n) is 13.5. The summed E-state index contributed by atoms with van der Waals surface area (Å²) >= 11 is 6.84. The predicted molar refractivity (Wildman–Crippen MR) is 92.3 cm³/mol. The third-order valence-corrected chi connectivity index (χ3v) is 5.76. The van der Waals surface area contributed by atoms with Gasteiger partial charge in [-0.05, 0) is 27.7 Å². The molecule has 2 heterocycles. The lowest BCUT2D eigenvalue weighted by molar-refractivity contribution is 0.513. The Labute approximate surface area is 142 Å². The molecule has 2 aromatic rings. The van der Waals surface area contributed by atoms with E-state index in [0.717, 1.165) is 24.8 Å². The van der Waals surface area contributed by atoms with E-state index < -0.39 is 0 Å². The number of hydrogen-bond donors (Lipinski definition) is 0. The van der Waals surface area contributed by atoms with Crippen molar-refractivity contribution in [3.8, 4) is 0 Å². The molecular weight excluding hydrogens is 368 g/mol. The average molecular weight is 389 g/mol. The number of aromatic nitrogens is 4. The van der Waals surface area contributed by atoms with Gasteiger partial charge in [-0.15, -0.1) is 10.2 Å². The summed E-state index contributed by atoms with van der Waals surface area (Å²) in [5, 5.41) is 9.50. The monoisotopic (exact) mass is 388 g/mol. The molecule has 0 aliphatic carbocycles. The molecule has 7 heteroatoms. The maximum Gasteiger partial charge on any atom is 0.198 e. The molecule has 4 nitrogen and oxygen atoms in total. The van der Waals surface area contributed by atoms with Crippen LogP contribution >= 0.6 is 39.0 Å². The van der Waals surface area contributed by atoms with Gasteiger partial charge >= 0.3 is 0 Å². The van der Waals surface area contributed by atoms with E-state index in [1.165, 1.54) is 0 Å². The highest BCUT2D eigenvalue weighted by molar-refractivity contribution is 9.11. The van der Waals surface area contributed by atoms with Crippen LogP contribution in [-0.2, 0) is 17.9 Å². The highest BCUT2D eigenvalue weighted by Gasteiger charge is 2.25. The minimum atomic E-state index is -0.0133. The Bertz CT molecular complexity index is 647. The predicted octanol–water partition coefficient (Wildman–Crippen LogP) is 4.78. The van der Waals surface area contributed by atoms with Gasteiger partial charge in [0, 0.05) is 17.9 Å². The first-order chi connectivity index (χ1) is 9.50. The Morgan fingerprint density at radius 2 is 1.67 bits per heavy atom. The third kappa shape index (κ3) is 3.68. The first kappa shape index (κ1) is 17.0. The van der Waals surface area contributed by atoms with Crippen LogP contribution in [0.3, 0.4) is 0 Å². The van der Waals surface area contributed by atoms with E-state index in [4.69, 9.17) is 4.98 Å². The summed E-state index contributed by atoms with van der Waals surface area (Å²) in [6.07, 6.45) is 0. The third-order valence-electron chi connectivity index (χ3n) is 2.96. The van der Waals surface area contributed by atoms with Crippen molar-refractivity contribution in [2.75, 3.05) is 0 Å². The Morgan fingerprint density at radius 3 is 2.10 bits per heavy atom. The maximum atomic E-state index is 4.74. The second-order valence-electron chi connectivity index (χ2n) is 7.07. The fraction of sp³-hybridized carbons (Fsp3) is 0.643. The minimum Gasteiger partial charge on any atom is -0.308 e. The number of hydrogen-bond acceptors (Lipinski definition) is 5. The summed E-state index contributed by atoms with van der Waals surface area (Å²) in [6, 6.07) is 0. The lowest BCUT2D eigenvalue weighted by Gasteiger charge is -2.16.